The highest BCUT2D eigenvalue weighted by Crippen LogP contribution is 2.27. The Morgan fingerprint density at radius 2 is 1.85 bits per heavy atom. The van der Waals surface area contributed by atoms with E-state index in [-0.39, 0.29) is 18.1 Å². The lowest BCUT2D eigenvalue weighted by Gasteiger charge is -2.35. The van der Waals surface area contributed by atoms with Crippen LogP contribution in [0, 0.1) is 0 Å². The zero-order valence-corrected chi connectivity index (χ0v) is 16.6. The summed E-state index contributed by atoms with van der Waals surface area (Å²) >= 11 is 6.19. The standard InChI is InChI=1S/C21H25ClN2O3/c1-14-11-24(12-15(2)27-14)13-16-4-6-17(7-5-16)21(25)23-20-9-8-18(26-3)10-19(20)22/h4-10,14-15H,11-13H2,1-3H3,(H,23,25). The van der Waals surface area contributed by atoms with Crippen molar-refractivity contribution in [3.05, 3.63) is 58.6 Å². The van der Waals surface area contributed by atoms with Crippen molar-refractivity contribution in [2.24, 2.45) is 0 Å². The number of anilines is 1. The van der Waals surface area contributed by atoms with Crippen LogP contribution >= 0.6 is 11.6 Å². The van der Waals surface area contributed by atoms with Crippen molar-refractivity contribution in [3.63, 3.8) is 0 Å². The molecule has 1 heterocycles. The van der Waals surface area contributed by atoms with Crippen LogP contribution in [0.3, 0.4) is 0 Å². The number of carbonyl (C=O) groups excluding carboxylic acids is 1. The minimum atomic E-state index is -0.192. The van der Waals surface area contributed by atoms with Gasteiger partial charge in [-0.3, -0.25) is 9.69 Å². The van der Waals surface area contributed by atoms with Gasteiger partial charge in [0.05, 0.1) is 30.0 Å². The predicted molar refractivity (Wildman–Crippen MR) is 108 cm³/mol. The van der Waals surface area contributed by atoms with Gasteiger partial charge in [-0.1, -0.05) is 23.7 Å². The number of halogens is 1. The maximum absolute atomic E-state index is 12.5. The van der Waals surface area contributed by atoms with Gasteiger partial charge in [-0.25, -0.2) is 0 Å². The summed E-state index contributed by atoms with van der Waals surface area (Å²) in [6.07, 6.45) is 0.487. The summed E-state index contributed by atoms with van der Waals surface area (Å²) in [4.78, 5) is 14.9. The highest BCUT2D eigenvalue weighted by Gasteiger charge is 2.22. The molecule has 2 atom stereocenters. The van der Waals surface area contributed by atoms with Gasteiger partial charge < -0.3 is 14.8 Å². The molecule has 1 aliphatic rings. The van der Waals surface area contributed by atoms with E-state index in [9.17, 15) is 4.79 Å². The fourth-order valence-corrected chi connectivity index (χ4v) is 3.57. The number of amides is 1. The van der Waals surface area contributed by atoms with Crippen LogP contribution in [0.1, 0.15) is 29.8 Å². The first-order chi connectivity index (χ1) is 12.9. The smallest absolute Gasteiger partial charge is 0.255 e. The molecule has 0 aliphatic carbocycles. The molecular weight excluding hydrogens is 364 g/mol. The van der Waals surface area contributed by atoms with Crippen LogP contribution in [-0.4, -0.2) is 43.2 Å². The first kappa shape index (κ1) is 19.7. The summed E-state index contributed by atoms with van der Waals surface area (Å²) in [6.45, 7) is 6.89. The lowest BCUT2D eigenvalue weighted by molar-refractivity contribution is -0.0704. The Morgan fingerprint density at radius 3 is 2.44 bits per heavy atom. The summed E-state index contributed by atoms with van der Waals surface area (Å²) in [5.74, 6) is 0.455. The zero-order valence-electron chi connectivity index (χ0n) is 15.9. The second-order valence-corrected chi connectivity index (χ2v) is 7.36. The first-order valence-electron chi connectivity index (χ1n) is 9.06. The normalized spacial score (nSPS) is 20.3. The molecule has 0 radical (unpaired) electrons. The maximum atomic E-state index is 12.5. The number of methoxy groups -OCH3 is 1. The highest BCUT2D eigenvalue weighted by molar-refractivity contribution is 6.34. The van der Waals surface area contributed by atoms with E-state index in [1.165, 1.54) is 5.56 Å². The summed E-state index contributed by atoms with van der Waals surface area (Å²) in [7, 11) is 1.57. The largest absolute Gasteiger partial charge is 0.497 e. The van der Waals surface area contributed by atoms with Crippen LogP contribution in [-0.2, 0) is 11.3 Å². The van der Waals surface area contributed by atoms with Crippen molar-refractivity contribution in [2.45, 2.75) is 32.6 Å². The highest BCUT2D eigenvalue weighted by atomic mass is 35.5. The molecule has 0 aromatic heterocycles. The van der Waals surface area contributed by atoms with Gasteiger partial charge in [-0.2, -0.15) is 0 Å². The van der Waals surface area contributed by atoms with Crippen molar-refractivity contribution in [2.75, 3.05) is 25.5 Å². The molecule has 1 N–H and O–H groups in total. The summed E-state index contributed by atoms with van der Waals surface area (Å²) in [5.41, 5.74) is 2.33. The number of rotatable bonds is 5. The molecule has 0 bridgehead atoms. The Hall–Kier alpha value is -2.08. The van der Waals surface area contributed by atoms with Crippen LogP contribution in [0.25, 0.3) is 0 Å². The molecule has 3 rings (SSSR count). The molecule has 1 fully saturated rings. The Bertz CT molecular complexity index is 785. The zero-order chi connectivity index (χ0) is 19.4. The molecule has 1 saturated heterocycles. The van der Waals surface area contributed by atoms with E-state index < -0.39 is 0 Å². The molecule has 144 valence electrons. The Balaban J connectivity index is 1.62. The fourth-order valence-electron chi connectivity index (χ4n) is 3.35. The number of carbonyl (C=O) groups is 1. The Kier molecular flexibility index (Phi) is 6.37. The molecule has 2 aromatic rings. The van der Waals surface area contributed by atoms with Crippen molar-refractivity contribution < 1.29 is 14.3 Å². The van der Waals surface area contributed by atoms with Gasteiger partial charge in [-0.15, -0.1) is 0 Å². The van der Waals surface area contributed by atoms with Gasteiger partial charge in [0.1, 0.15) is 5.75 Å². The van der Waals surface area contributed by atoms with Crippen LogP contribution in [0.5, 0.6) is 5.75 Å². The molecule has 1 amide bonds. The summed E-state index contributed by atoms with van der Waals surface area (Å²) in [5, 5.41) is 3.28. The fraction of sp³-hybridized carbons (Fsp3) is 0.381. The van der Waals surface area contributed by atoms with Gasteiger partial charge in [-0.05, 0) is 43.7 Å². The van der Waals surface area contributed by atoms with E-state index in [2.05, 4.69) is 24.1 Å². The third-order valence-corrected chi connectivity index (χ3v) is 4.85. The summed E-state index contributed by atoms with van der Waals surface area (Å²) in [6, 6.07) is 12.8. The van der Waals surface area contributed by atoms with Crippen LogP contribution in [0.2, 0.25) is 5.02 Å². The average molecular weight is 389 g/mol. The van der Waals surface area contributed by atoms with Gasteiger partial charge in [0.15, 0.2) is 0 Å². The molecule has 2 aromatic carbocycles. The number of nitrogens with one attached hydrogen (secondary N) is 1. The summed E-state index contributed by atoms with van der Waals surface area (Å²) < 4.78 is 10.9. The quantitative estimate of drug-likeness (QED) is 0.833. The topological polar surface area (TPSA) is 50.8 Å². The third-order valence-electron chi connectivity index (χ3n) is 4.54. The number of benzene rings is 2. The van der Waals surface area contributed by atoms with E-state index in [0.717, 1.165) is 19.6 Å². The van der Waals surface area contributed by atoms with Gasteiger partial charge in [0.2, 0.25) is 0 Å². The Morgan fingerprint density at radius 1 is 1.19 bits per heavy atom. The van der Waals surface area contributed by atoms with E-state index in [1.54, 1.807) is 25.3 Å². The minimum absolute atomic E-state index is 0.192. The number of nitrogens with zero attached hydrogens (tertiary/aromatic N) is 1. The number of hydrogen-bond acceptors (Lipinski definition) is 4. The van der Waals surface area contributed by atoms with Crippen molar-refractivity contribution in [1.29, 1.82) is 0 Å². The van der Waals surface area contributed by atoms with E-state index >= 15 is 0 Å². The molecule has 6 heteroatoms. The molecular formula is C21H25ClN2O3. The monoisotopic (exact) mass is 388 g/mol. The number of hydrogen-bond donors (Lipinski definition) is 1. The first-order valence-corrected chi connectivity index (χ1v) is 9.44. The maximum Gasteiger partial charge on any atom is 0.255 e. The minimum Gasteiger partial charge on any atom is -0.497 e. The molecule has 0 saturated carbocycles. The van der Waals surface area contributed by atoms with Crippen molar-refractivity contribution >= 4 is 23.2 Å². The van der Waals surface area contributed by atoms with E-state index in [0.29, 0.717) is 22.0 Å². The predicted octanol–water partition coefficient (Wildman–Crippen LogP) is 4.21. The number of ether oxygens (including phenoxy) is 2. The van der Waals surface area contributed by atoms with Gasteiger partial charge >= 0.3 is 0 Å². The molecule has 1 aliphatic heterocycles. The molecule has 0 spiro atoms. The van der Waals surface area contributed by atoms with Gasteiger partial charge in [0.25, 0.3) is 5.91 Å². The van der Waals surface area contributed by atoms with Crippen LogP contribution in [0.15, 0.2) is 42.5 Å². The molecule has 5 nitrogen and oxygen atoms in total. The molecule has 2 unspecified atom stereocenters. The third kappa shape index (κ3) is 5.22. The molecule has 27 heavy (non-hydrogen) atoms. The lowest BCUT2D eigenvalue weighted by Crippen LogP contribution is -2.44. The van der Waals surface area contributed by atoms with Gasteiger partial charge in [0, 0.05) is 31.3 Å². The van der Waals surface area contributed by atoms with Crippen molar-refractivity contribution in [1.82, 2.24) is 4.90 Å². The van der Waals surface area contributed by atoms with Crippen LogP contribution < -0.4 is 10.1 Å². The van der Waals surface area contributed by atoms with E-state index in [4.69, 9.17) is 21.1 Å². The van der Waals surface area contributed by atoms with Crippen LogP contribution in [0.4, 0.5) is 5.69 Å². The second kappa shape index (κ2) is 8.74. The van der Waals surface area contributed by atoms with E-state index in [1.807, 2.05) is 24.3 Å². The Labute approximate surface area is 165 Å². The number of morpholine rings is 1. The second-order valence-electron chi connectivity index (χ2n) is 6.95. The van der Waals surface area contributed by atoms with Crippen molar-refractivity contribution in [3.8, 4) is 5.75 Å². The SMILES string of the molecule is COc1ccc(NC(=O)c2ccc(CN3CC(C)OC(C)C3)cc2)c(Cl)c1. The average Bonchev–Trinajstić information content (AvgIpc) is 2.63. The lowest BCUT2D eigenvalue weighted by atomic mass is 10.1.